The Kier molecular flexibility index (Phi) is 9.89. The molecule has 0 bridgehead atoms. The van der Waals surface area contributed by atoms with Crippen molar-refractivity contribution in [2.24, 2.45) is 4.99 Å². The fraction of sp³-hybridized carbons (Fsp3) is 0.333. The second-order valence-electron chi connectivity index (χ2n) is 9.15. The molecule has 0 fully saturated rings. The van der Waals surface area contributed by atoms with Crippen molar-refractivity contribution in [2.45, 2.75) is 39.7 Å². The maximum absolute atomic E-state index is 14.1. The van der Waals surface area contributed by atoms with E-state index in [2.05, 4.69) is 15.9 Å². The highest BCUT2D eigenvalue weighted by Gasteiger charge is 2.36. The second kappa shape index (κ2) is 13.4. The monoisotopic (exact) mass is 658 g/mol. The quantitative estimate of drug-likeness (QED) is 0.234. The summed E-state index contributed by atoms with van der Waals surface area (Å²) < 4.78 is 29.7. The van der Waals surface area contributed by atoms with Crippen LogP contribution in [0.4, 0.5) is 0 Å². The van der Waals surface area contributed by atoms with E-state index < -0.39 is 18.0 Å². The van der Waals surface area contributed by atoms with E-state index in [0.29, 0.717) is 54.3 Å². The maximum atomic E-state index is 14.1. The molecule has 2 aromatic carbocycles. The molecule has 0 spiro atoms. The fourth-order valence-corrected chi connectivity index (χ4v) is 6.25. The molecule has 0 unspecified atom stereocenters. The number of hydrogen-bond donors (Lipinski definition) is 0. The van der Waals surface area contributed by atoms with Crippen molar-refractivity contribution in [1.29, 1.82) is 0 Å². The molecule has 42 heavy (non-hydrogen) atoms. The van der Waals surface area contributed by atoms with Crippen LogP contribution in [0.2, 0.25) is 0 Å². The Balaban J connectivity index is 2.02. The zero-order valence-corrected chi connectivity index (χ0v) is 26.5. The third-order valence-electron chi connectivity index (χ3n) is 6.42. The first kappa shape index (κ1) is 31.0. The maximum Gasteiger partial charge on any atom is 0.338 e. The Labute approximate surface area is 255 Å². The number of carbonyl (C=O) groups excluding carboxylic acids is 2. The van der Waals surface area contributed by atoms with Gasteiger partial charge < -0.3 is 23.7 Å². The van der Waals surface area contributed by atoms with Crippen molar-refractivity contribution >= 4 is 45.3 Å². The molecule has 1 atom stereocenters. The minimum atomic E-state index is -0.873. The summed E-state index contributed by atoms with van der Waals surface area (Å²) in [5.74, 6) is 0.510. The van der Waals surface area contributed by atoms with Crippen LogP contribution in [-0.4, -0.2) is 44.4 Å². The van der Waals surface area contributed by atoms with E-state index in [4.69, 9.17) is 28.7 Å². The molecule has 0 aliphatic carbocycles. The summed E-state index contributed by atoms with van der Waals surface area (Å²) in [6.07, 6.45) is 2.92. The van der Waals surface area contributed by atoms with Crippen molar-refractivity contribution in [3.63, 3.8) is 0 Å². The van der Waals surface area contributed by atoms with Crippen LogP contribution >= 0.6 is 27.3 Å². The number of allylic oxidation sites excluding steroid dienone is 1. The highest BCUT2D eigenvalue weighted by Crippen LogP contribution is 2.39. The fourth-order valence-electron chi connectivity index (χ4n) is 4.69. The van der Waals surface area contributed by atoms with Crippen LogP contribution < -0.4 is 33.8 Å². The Morgan fingerprint density at radius 2 is 1.81 bits per heavy atom. The predicted molar refractivity (Wildman–Crippen MR) is 161 cm³/mol. The summed E-state index contributed by atoms with van der Waals surface area (Å²) in [6.45, 7) is 5.18. The molecule has 0 amide bonds. The van der Waals surface area contributed by atoms with Crippen molar-refractivity contribution in [3.05, 3.63) is 76.9 Å². The first-order valence-electron chi connectivity index (χ1n) is 13.2. The molecule has 4 rings (SSSR count). The van der Waals surface area contributed by atoms with Crippen LogP contribution in [0.25, 0.3) is 6.08 Å². The number of rotatable bonds is 10. The molecule has 12 heteroatoms. The van der Waals surface area contributed by atoms with Gasteiger partial charge in [-0.05, 0) is 71.2 Å². The number of benzene rings is 2. The van der Waals surface area contributed by atoms with Gasteiger partial charge in [0.2, 0.25) is 0 Å². The van der Waals surface area contributed by atoms with Gasteiger partial charge in [-0.2, -0.15) is 0 Å². The van der Waals surface area contributed by atoms with Gasteiger partial charge in [0.15, 0.2) is 16.3 Å². The van der Waals surface area contributed by atoms with Crippen LogP contribution in [0.3, 0.4) is 0 Å². The normalized spacial score (nSPS) is 14.6. The molecule has 2 heterocycles. The number of thiazole rings is 1. The molecule has 1 aliphatic heterocycles. The summed E-state index contributed by atoms with van der Waals surface area (Å²) in [5, 5.41) is 0. The van der Waals surface area contributed by atoms with E-state index >= 15 is 0 Å². The predicted octanol–water partition coefficient (Wildman–Crippen LogP) is 4.29. The van der Waals surface area contributed by atoms with Gasteiger partial charge in [-0.3, -0.25) is 14.2 Å². The van der Waals surface area contributed by atoms with Crippen LogP contribution in [0, 0.1) is 0 Å². The zero-order chi connectivity index (χ0) is 30.6. The molecule has 1 aliphatic rings. The van der Waals surface area contributed by atoms with Gasteiger partial charge in [0.1, 0.15) is 17.5 Å². The number of nitrogens with zero attached hydrogens (tertiary/aromatic N) is 2. The van der Waals surface area contributed by atoms with E-state index in [1.54, 1.807) is 50.4 Å². The Bertz CT molecular complexity index is 1740. The molecule has 0 radical (unpaired) electrons. The Morgan fingerprint density at radius 1 is 1.07 bits per heavy atom. The average molecular weight is 660 g/mol. The largest absolute Gasteiger partial charge is 0.497 e. The SMILES string of the molecule is CCCC1=C(C(=O)OCC)[C@H](c2cc(OC)ccc2OC)n2c(s/c(=C\c3cc(Br)c(OC(C)=O)c(OC)c3)c2=O)=N1. The zero-order valence-electron chi connectivity index (χ0n) is 24.1. The lowest BCUT2D eigenvalue weighted by Crippen LogP contribution is -2.40. The third kappa shape index (κ3) is 6.14. The number of esters is 2. The summed E-state index contributed by atoms with van der Waals surface area (Å²) in [7, 11) is 4.53. The van der Waals surface area contributed by atoms with Gasteiger partial charge in [0.05, 0.1) is 48.2 Å². The van der Waals surface area contributed by atoms with Gasteiger partial charge >= 0.3 is 11.9 Å². The van der Waals surface area contributed by atoms with Crippen LogP contribution in [0.15, 0.2) is 55.9 Å². The van der Waals surface area contributed by atoms with Gasteiger partial charge in [-0.15, -0.1) is 0 Å². The number of carbonyl (C=O) groups is 2. The Hall–Kier alpha value is -3.90. The standard InChI is InChI=1S/C30H31BrN2O8S/c1-7-9-21-25(29(36)40-8-2)26(19-15-18(37-4)10-11-22(19)38-5)33-28(35)24(42-30(33)32-21)14-17-12-20(31)27(41-16(3)34)23(13-17)39-6/h10-15,26H,7-9H2,1-6H3/b24-14-/t26-/m0/s1. The van der Waals surface area contributed by atoms with Crippen molar-refractivity contribution in [2.75, 3.05) is 27.9 Å². The average Bonchev–Trinajstić information content (AvgIpc) is 3.27. The minimum Gasteiger partial charge on any atom is -0.497 e. The topological polar surface area (TPSA) is 115 Å². The van der Waals surface area contributed by atoms with E-state index in [1.165, 1.54) is 37.0 Å². The van der Waals surface area contributed by atoms with Crippen LogP contribution in [-0.2, 0) is 14.3 Å². The lowest BCUT2D eigenvalue weighted by molar-refractivity contribution is -0.139. The summed E-state index contributed by atoms with van der Waals surface area (Å²) in [4.78, 5) is 44.4. The van der Waals surface area contributed by atoms with Gasteiger partial charge in [-0.25, -0.2) is 9.79 Å². The Morgan fingerprint density at radius 3 is 2.43 bits per heavy atom. The molecule has 10 nitrogen and oxygen atoms in total. The number of aromatic nitrogens is 1. The lowest BCUT2D eigenvalue weighted by Gasteiger charge is -2.27. The highest BCUT2D eigenvalue weighted by molar-refractivity contribution is 9.10. The molecule has 222 valence electrons. The molecular weight excluding hydrogens is 628 g/mol. The number of halogens is 1. The van der Waals surface area contributed by atoms with E-state index in [0.717, 1.165) is 6.42 Å². The molecule has 0 saturated heterocycles. The van der Waals surface area contributed by atoms with Crippen molar-refractivity contribution in [3.8, 4) is 23.0 Å². The molecule has 0 saturated carbocycles. The summed E-state index contributed by atoms with van der Waals surface area (Å²) in [6, 6.07) is 7.74. The third-order valence-corrected chi connectivity index (χ3v) is 7.99. The number of fused-ring (bicyclic) bond motifs is 1. The first-order valence-corrected chi connectivity index (χ1v) is 14.8. The van der Waals surface area contributed by atoms with E-state index in [-0.39, 0.29) is 23.5 Å². The van der Waals surface area contributed by atoms with Gasteiger partial charge in [0.25, 0.3) is 5.56 Å². The van der Waals surface area contributed by atoms with Gasteiger partial charge in [-0.1, -0.05) is 24.7 Å². The minimum absolute atomic E-state index is 0.161. The summed E-state index contributed by atoms with van der Waals surface area (Å²) in [5.41, 5.74) is 1.65. The number of ether oxygens (including phenoxy) is 5. The van der Waals surface area contributed by atoms with E-state index in [9.17, 15) is 14.4 Å². The van der Waals surface area contributed by atoms with Crippen LogP contribution in [0.5, 0.6) is 23.0 Å². The number of methoxy groups -OCH3 is 3. The molecule has 0 N–H and O–H groups in total. The number of hydrogen-bond acceptors (Lipinski definition) is 10. The molecular formula is C30H31BrN2O8S. The molecule has 3 aromatic rings. The van der Waals surface area contributed by atoms with Crippen molar-refractivity contribution < 1.29 is 33.3 Å². The first-order chi connectivity index (χ1) is 20.2. The second-order valence-corrected chi connectivity index (χ2v) is 11.0. The lowest BCUT2D eigenvalue weighted by atomic mass is 9.93. The van der Waals surface area contributed by atoms with Gasteiger partial charge in [0, 0.05) is 12.5 Å². The van der Waals surface area contributed by atoms with E-state index in [1.807, 2.05) is 6.92 Å². The summed E-state index contributed by atoms with van der Waals surface area (Å²) >= 11 is 4.63. The van der Waals surface area contributed by atoms with Crippen molar-refractivity contribution in [1.82, 2.24) is 4.57 Å². The molecule has 1 aromatic heterocycles. The van der Waals surface area contributed by atoms with Crippen LogP contribution in [0.1, 0.15) is 50.8 Å². The highest BCUT2D eigenvalue weighted by atomic mass is 79.9. The smallest absolute Gasteiger partial charge is 0.338 e.